The van der Waals surface area contributed by atoms with Crippen molar-refractivity contribution in [3.8, 4) is 0 Å². The smallest absolute Gasteiger partial charge is 0.243 e. The van der Waals surface area contributed by atoms with Crippen molar-refractivity contribution in [1.29, 1.82) is 0 Å². The molecule has 4 rings (SSSR count). The van der Waals surface area contributed by atoms with Crippen molar-refractivity contribution >= 4 is 21.6 Å². The Bertz CT molecular complexity index is 962. The maximum atomic E-state index is 13.2. The summed E-state index contributed by atoms with van der Waals surface area (Å²) in [7, 11) is -3.58. The number of anilines is 1. The van der Waals surface area contributed by atoms with Crippen LogP contribution in [0.4, 0.5) is 5.69 Å². The van der Waals surface area contributed by atoms with Crippen LogP contribution in [0.3, 0.4) is 0 Å². The summed E-state index contributed by atoms with van der Waals surface area (Å²) >= 11 is 0. The third-order valence-electron chi connectivity index (χ3n) is 5.22. The van der Waals surface area contributed by atoms with Crippen LogP contribution in [0.15, 0.2) is 35.2 Å². The number of aromatic nitrogens is 1. The fraction of sp³-hybridized carbons (Fsp3) is 0.389. The highest BCUT2D eigenvalue weighted by Crippen LogP contribution is 2.34. The molecule has 1 atom stereocenters. The summed E-state index contributed by atoms with van der Waals surface area (Å²) < 4.78 is 30.1. The van der Waals surface area contributed by atoms with E-state index >= 15 is 0 Å². The van der Waals surface area contributed by atoms with Gasteiger partial charge in [0.25, 0.3) is 0 Å². The average molecular weight is 359 g/mol. The standard InChI is InChI=1S/C18H21N3O3S/c1-12-3-7-17-13(2)21(10-9-20(12)17)25(23,24)15-5-6-16-14(11-15)4-8-18(22)19-16/h3,5-7,11,13H,4,8-10H2,1-2H3,(H,19,22)/t13-/m0/s1. The maximum Gasteiger partial charge on any atom is 0.243 e. The Kier molecular flexibility index (Phi) is 3.73. The Hall–Kier alpha value is -2.12. The van der Waals surface area contributed by atoms with Crippen molar-refractivity contribution in [3.05, 3.63) is 47.3 Å². The van der Waals surface area contributed by atoms with Gasteiger partial charge in [0.15, 0.2) is 0 Å². The van der Waals surface area contributed by atoms with Gasteiger partial charge in [-0.25, -0.2) is 8.42 Å². The van der Waals surface area contributed by atoms with Gasteiger partial charge in [-0.05, 0) is 56.2 Å². The third-order valence-corrected chi connectivity index (χ3v) is 7.18. The highest BCUT2D eigenvalue weighted by molar-refractivity contribution is 7.89. The van der Waals surface area contributed by atoms with E-state index < -0.39 is 10.0 Å². The lowest BCUT2D eigenvalue weighted by Crippen LogP contribution is -2.41. The van der Waals surface area contributed by atoms with Gasteiger partial charge in [0.1, 0.15) is 0 Å². The lowest BCUT2D eigenvalue weighted by Gasteiger charge is -2.34. The van der Waals surface area contributed by atoms with Gasteiger partial charge < -0.3 is 9.88 Å². The molecule has 0 aliphatic carbocycles. The molecule has 2 aliphatic rings. The molecule has 0 spiro atoms. The van der Waals surface area contributed by atoms with Crippen molar-refractivity contribution in [2.24, 2.45) is 0 Å². The summed E-state index contributed by atoms with van der Waals surface area (Å²) in [4.78, 5) is 11.8. The number of aryl methyl sites for hydroxylation is 2. The van der Waals surface area contributed by atoms with E-state index in [1.165, 1.54) is 0 Å². The number of nitrogens with one attached hydrogen (secondary N) is 1. The molecule has 1 aromatic carbocycles. The Balaban J connectivity index is 1.70. The van der Waals surface area contributed by atoms with E-state index in [0.717, 1.165) is 17.0 Å². The van der Waals surface area contributed by atoms with Crippen LogP contribution in [-0.4, -0.2) is 29.7 Å². The van der Waals surface area contributed by atoms with Gasteiger partial charge in [-0.15, -0.1) is 0 Å². The van der Waals surface area contributed by atoms with Gasteiger partial charge in [-0.1, -0.05) is 0 Å². The molecule has 6 nitrogen and oxygen atoms in total. The second kappa shape index (κ2) is 5.71. The zero-order valence-electron chi connectivity index (χ0n) is 14.3. The van der Waals surface area contributed by atoms with Crippen molar-refractivity contribution in [2.75, 3.05) is 11.9 Å². The van der Waals surface area contributed by atoms with E-state index in [0.29, 0.717) is 36.5 Å². The average Bonchev–Trinajstić information content (AvgIpc) is 2.96. The number of sulfonamides is 1. The summed E-state index contributed by atoms with van der Waals surface area (Å²) in [6.45, 7) is 5.09. The van der Waals surface area contributed by atoms with Crippen molar-refractivity contribution in [1.82, 2.24) is 8.87 Å². The van der Waals surface area contributed by atoms with Crippen molar-refractivity contribution in [2.45, 2.75) is 44.2 Å². The number of benzene rings is 1. The van der Waals surface area contributed by atoms with Crippen LogP contribution in [0.5, 0.6) is 0 Å². The second-order valence-corrected chi connectivity index (χ2v) is 8.60. The summed E-state index contributed by atoms with van der Waals surface area (Å²) in [6, 6.07) is 8.82. The van der Waals surface area contributed by atoms with Crippen molar-refractivity contribution in [3.63, 3.8) is 0 Å². The molecule has 0 saturated carbocycles. The molecule has 2 aromatic rings. The first-order valence-corrected chi connectivity index (χ1v) is 9.92. The quantitative estimate of drug-likeness (QED) is 0.895. The summed E-state index contributed by atoms with van der Waals surface area (Å²) in [6.07, 6.45) is 0.964. The number of hydrogen-bond donors (Lipinski definition) is 1. The fourth-order valence-electron chi connectivity index (χ4n) is 3.78. The van der Waals surface area contributed by atoms with Crippen LogP contribution in [-0.2, 0) is 27.8 Å². The first-order valence-electron chi connectivity index (χ1n) is 8.48. The van der Waals surface area contributed by atoms with E-state index in [9.17, 15) is 13.2 Å². The molecule has 3 heterocycles. The molecule has 0 unspecified atom stereocenters. The van der Waals surface area contributed by atoms with E-state index in [-0.39, 0.29) is 11.9 Å². The second-order valence-electron chi connectivity index (χ2n) is 6.71. The SMILES string of the molecule is Cc1ccc2n1CCN(S(=O)(=O)c1ccc3c(c1)CCC(=O)N3)[C@H]2C. The van der Waals surface area contributed by atoms with Crippen LogP contribution in [0.2, 0.25) is 0 Å². The maximum absolute atomic E-state index is 13.2. The number of amides is 1. The number of rotatable bonds is 2. The van der Waals surface area contributed by atoms with E-state index in [1.807, 2.05) is 26.0 Å². The normalized spacial score (nSPS) is 20.7. The monoisotopic (exact) mass is 359 g/mol. The molecular formula is C18H21N3O3S. The van der Waals surface area contributed by atoms with Crippen molar-refractivity contribution < 1.29 is 13.2 Å². The summed E-state index contributed by atoms with van der Waals surface area (Å²) in [5, 5.41) is 2.79. The van der Waals surface area contributed by atoms with E-state index in [1.54, 1.807) is 22.5 Å². The van der Waals surface area contributed by atoms with Gasteiger partial charge in [-0.2, -0.15) is 4.31 Å². The minimum Gasteiger partial charge on any atom is -0.346 e. The lowest BCUT2D eigenvalue weighted by molar-refractivity contribution is -0.116. The van der Waals surface area contributed by atoms with Crippen LogP contribution in [0.1, 0.15) is 36.3 Å². The highest BCUT2D eigenvalue weighted by atomic mass is 32.2. The van der Waals surface area contributed by atoms with Gasteiger partial charge in [-0.3, -0.25) is 4.79 Å². The molecule has 2 aliphatic heterocycles. The number of fused-ring (bicyclic) bond motifs is 2. The Morgan fingerprint density at radius 3 is 2.72 bits per heavy atom. The van der Waals surface area contributed by atoms with Gasteiger partial charge in [0, 0.05) is 36.6 Å². The predicted octanol–water partition coefficient (Wildman–Crippen LogP) is 2.45. The Morgan fingerprint density at radius 1 is 1.12 bits per heavy atom. The van der Waals surface area contributed by atoms with Crippen LogP contribution >= 0.6 is 0 Å². The van der Waals surface area contributed by atoms with Crippen LogP contribution < -0.4 is 5.32 Å². The Morgan fingerprint density at radius 2 is 1.92 bits per heavy atom. The molecular weight excluding hydrogens is 338 g/mol. The molecule has 0 fully saturated rings. The van der Waals surface area contributed by atoms with Crippen LogP contribution in [0, 0.1) is 6.92 Å². The molecule has 1 amide bonds. The molecule has 132 valence electrons. The third kappa shape index (κ3) is 2.58. The number of carbonyl (C=O) groups is 1. The molecule has 0 bridgehead atoms. The summed E-state index contributed by atoms with van der Waals surface area (Å²) in [5.41, 5.74) is 3.77. The summed E-state index contributed by atoms with van der Waals surface area (Å²) in [5.74, 6) is -0.0242. The lowest BCUT2D eigenvalue weighted by atomic mass is 10.0. The van der Waals surface area contributed by atoms with E-state index in [2.05, 4.69) is 9.88 Å². The largest absolute Gasteiger partial charge is 0.346 e. The molecule has 25 heavy (non-hydrogen) atoms. The zero-order valence-corrected chi connectivity index (χ0v) is 15.1. The van der Waals surface area contributed by atoms with E-state index in [4.69, 9.17) is 0 Å². The predicted molar refractivity (Wildman–Crippen MR) is 94.9 cm³/mol. The molecule has 0 saturated heterocycles. The number of carbonyl (C=O) groups excluding carboxylic acids is 1. The fourth-order valence-corrected chi connectivity index (χ4v) is 5.43. The Labute approximate surface area is 147 Å². The van der Waals surface area contributed by atoms with Gasteiger partial charge in [0.2, 0.25) is 15.9 Å². The topological polar surface area (TPSA) is 71.4 Å². The molecule has 1 aromatic heterocycles. The zero-order chi connectivity index (χ0) is 17.8. The van der Waals surface area contributed by atoms with Gasteiger partial charge >= 0.3 is 0 Å². The molecule has 1 N–H and O–H groups in total. The number of nitrogens with zero attached hydrogens (tertiary/aromatic N) is 2. The first kappa shape index (κ1) is 16.4. The van der Waals surface area contributed by atoms with Gasteiger partial charge in [0.05, 0.1) is 10.9 Å². The molecule has 0 radical (unpaired) electrons. The molecule has 7 heteroatoms. The minimum atomic E-state index is -3.58. The minimum absolute atomic E-state index is 0.0242. The number of hydrogen-bond acceptors (Lipinski definition) is 3. The van der Waals surface area contributed by atoms with Crippen LogP contribution in [0.25, 0.3) is 0 Å². The first-order chi connectivity index (χ1) is 11.9. The highest BCUT2D eigenvalue weighted by Gasteiger charge is 2.35.